The van der Waals surface area contributed by atoms with E-state index in [0.717, 1.165) is 23.6 Å². The molecule has 0 aliphatic carbocycles. The fraction of sp³-hybridized carbons (Fsp3) is 0.462. The van der Waals surface area contributed by atoms with Crippen LogP contribution in [0.5, 0.6) is 11.5 Å². The van der Waals surface area contributed by atoms with Crippen molar-refractivity contribution in [1.82, 2.24) is 0 Å². The Morgan fingerprint density at radius 1 is 1.24 bits per heavy atom. The molecule has 0 fully saturated rings. The Labute approximate surface area is 101 Å². The second kappa shape index (κ2) is 5.08. The van der Waals surface area contributed by atoms with E-state index in [4.69, 9.17) is 15.2 Å². The van der Waals surface area contributed by atoms with Gasteiger partial charge in [-0.2, -0.15) is 0 Å². The third-order valence-electron chi connectivity index (χ3n) is 2.58. The summed E-state index contributed by atoms with van der Waals surface area (Å²) in [5, 5.41) is 0. The molecule has 1 aliphatic rings. The highest BCUT2D eigenvalue weighted by molar-refractivity contribution is 5.85. The minimum atomic E-state index is 0.242. The molecule has 0 radical (unpaired) electrons. The monoisotopic (exact) mass is 234 g/mol. The zero-order valence-corrected chi connectivity index (χ0v) is 10.3. The van der Waals surface area contributed by atoms with Crippen LogP contribution in [0.2, 0.25) is 0 Å². The van der Waals surface area contributed by atoms with Crippen molar-refractivity contribution >= 4 is 11.5 Å². The second-order valence-electron chi connectivity index (χ2n) is 4.37. The second-order valence-corrected chi connectivity index (χ2v) is 4.37. The summed E-state index contributed by atoms with van der Waals surface area (Å²) in [6.45, 7) is 5.41. The molecular formula is C13H18N2O2. The van der Waals surface area contributed by atoms with E-state index in [9.17, 15) is 0 Å². The third-order valence-corrected chi connectivity index (χ3v) is 2.58. The molecule has 17 heavy (non-hydrogen) atoms. The van der Waals surface area contributed by atoms with Crippen molar-refractivity contribution in [3.8, 4) is 11.5 Å². The highest BCUT2D eigenvalue weighted by Crippen LogP contribution is 2.33. The van der Waals surface area contributed by atoms with E-state index in [1.165, 1.54) is 0 Å². The minimum Gasteiger partial charge on any atom is -0.490 e. The van der Waals surface area contributed by atoms with Gasteiger partial charge in [0.1, 0.15) is 5.84 Å². The van der Waals surface area contributed by atoms with Crippen molar-refractivity contribution in [2.45, 2.75) is 20.3 Å². The van der Waals surface area contributed by atoms with Crippen molar-refractivity contribution < 1.29 is 9.47 Å². The minimum absolute atomic E-state index is 0.242. The van der Waals surface area contributed by atoms with Crippen LogP contribution >= 0.6 is 0 Å². The first kappa shape index (κ1) is 11.8. The number of hydrogen-bond acceptors (Lipinski definition) is 3. The van der Waals surface area contributed by atoms with Gasteiger partial charge >= 0.3 is 0 Å². The molecule has 1 aromatic carbocycles. The molecule has 2 rings (SSSR count). The van der Waals surface area contributed by atoms with E-state index in [2.05, 4.69) is 4.99 Å². The lowest BCUT2D eigenvalue weighted by atomic mass is 10.2. The van der Waals surface area contributed by atoms with E-state index in [-0.39, 0.29) is 5.92 Å². The van der Waals surface area contributed by atoms with Crippen LogP contribution in [0.15, 0.2) is 23.2 Å². The van der Waals surface area contributed by atoms with Gasteiger partial charge in [0.05, 0.1) is 18.9 Å². The highest BCUT2D eigenvalue weighted by atomic mass is 16.5. The number of amidine groups is 1. The predicted molar refractivity (Wildman–Crippen MR) is 68.2 cm³/mol. The Balaban J connectivity index is 2.26. The van der Waals surface area contributed by atoms with E-state index in [0.29, 0.717) is 19.0 Å². The van der Waals surface area contributed by atoms with Crippen molar-refractivity contribution in [2.24, 2.45) is 16.6 Å². The van der Waals surface area contributed by atoms with E-state index in [1.54, 1.807) is 0 Å². The lowest BCUT2D eigenvalue weighted by Crippen LogP contribution is -2.17. The van der Waals surface area contributed by atoms with Crippen LogP contribution in [-0.2, 0) is 0 Å². The summed E-state index contributed by atoms with van der Waals surface area (Å²) in [6.07, 6.45) is 0.904. The molecule has 92 valence electrons. The summed E-state index contributed by atoms with van der Waals surface area (Å²) in [7, 11) is 0. The van der Waals surface area contributed by atoms with Crippen molar-refractivity contribution in [3.05, 3.63) is 18.2 Å². The number of ether oxygens (including phenoxy) is 2. The third kappa shape index (κ3) is 2.90. The molecule has 1 aliphatic heterocycles. The van der Waals surface area contributed by atoms with Gasteiger partial charge in [0.15, 0.2) is 11.5 Å². The summed E-state index contributed by atoms with van der Waals surface area (Å²) < 4.78 is 11.1. The largest absolute Gasteiger partial charge is 0.490 e. The highest BCUT2D eigenvalue weighted by Gasteiger charge is 2.10. The van der Waals surface area contributed by atoms with Gasteiger partial charge in [0.2, 0.25) is 0 Å². The SMILES string of the molecule is CC(C)C(N)=Nc1ccc2c(c1)OCCCO2. The number of nitrogens with zero attached hydrogens (tertiary/aromatic N) is 1. The van der Waals surface area contributed by atoms with Gasteiger partial charge in [-0.1, -0.05) is 13.8 Å². The molecular weight excluding hydrogens is 216 g/mol. The molecule has 1 aromatic rings. The average molecular weight is 234 g/mol. The number of hydrogen-bond donors (Lipinski definition) is 1. The molecule has 0 atom stereocenters. The predicted octanol–water partition coefficient (Wildman–Crippen LogP) is 2.49. The van der Waals surface area contributed by atoms with Gasteiger partial charge in [-0.05, 0) is 12.1 Å². The molecule has 0 bridgehead atoms. The lowest BCUT2D eigenvalue weighted by molar-refractivity contribution is 0.297. The molecule has 0 aromatic heterocycles. The van der Waals surface area contributed by atoms with E-state index in [1.807, 2.05) is 32.0 Å². The van der Waals surface area contributed by atoms with Gasteiger partial charge in [-0.25, -0.2) is 4.99 Å². The smallest absolute Gasteiger partial charge is 0.163 e. The standard InChI is InChI=1S/C13H18N2O2/c1-9(2)13(14)15-10-4-5-11-12(8-10)17-7-3-6-16-11/h4-5,8-9H,3,6-7H2,1-2H3,(H2,14,15). The molecule has 0 spiro atoms. The molecule has 4 heteroatoms. The molecule has 1 heterocycles. The van der Waals surface area contributed by atoms with Crippen LogP contribution in [0, 0.1) is 5.92 Å². The number of benzene rings is 1. The maximum Gasteiger partial charge on any atom is 0.163 e. The average Bonchev–Trinajstić information content (AvgIpc) is 2.53. The fourth-order valence-corrected chi connectivity index (χ4v) is 1.50. The maximum atomic E-state index is 5.83. The first-order chi connectivity index (χ1) is 8.16. The van der Waals surface area contributed by atoms with Crippen LogP contribution in [0.4, 0.5) is 5.69 Å². The van der Waals surface area contributed by atoms with E-state index < -0.39 is 0 Å². The zero-order chi connectivity index (χ0) is 12.3. The van der Waals surface area contributed by atoms with E-state index >= 15 is 0 Å². The normalized spacial score (nSPS) is 15.8. The van der Waals surface area contributed by atoms with Crippen LogP contribution in [0.25, 0.3) is 0 Å². The number of nitrogens with two attached hydrogens (primary N) is 1. The summed E-state index contributed by atoms with van der Waals surface area (Å²) in [6, 6.07) is 5.64. The van der Waals surface area contributed by atoms with Crippen molar-refractivity contribution in [2.75, 3.05) is 13.2 Å². The molecule has 4 nitrogen and oxygen atoms in total. The zero-order valence-electron chi connectivity index (χ0n) is 10.3. The maximum absolute atomic E-state index is 5.83. The molecule has 0 saturated heterocycles. The Morgan fingerprint density at radius 2 is 1.94 bits per heavy atom. The van der Waals surface area contributed by atoms with Crippen LogP contribution in [0.1, 0.15) is 20.3 Å². The first-order valence-corrected chi connectivity index (χ1v) is 5.90. The molecule has 0 unspecified atom stereocenters. The fourth-order valence-electron chi connectivity index (χ4n) is 1.50. The lowest BCUT2D eigenvalue weighted by Gasteiger charge is -2.08. The number of fused-ring (bicyclic) bond motifs is 1. The topological polar surface area (TPSA) is 56.8 Å². The van der Waals surface area contributed by atoms with Crippen LogP contribution in [0.3, 0.4) is 0 Å². The molecule has 2 N–H and O–H groups in total. The van der Waals surface area contributed by atoms with Gasteiger partial charge in [-0.3, -0.25) is 0 Å². The Kier molecular flexibility index (Phi) is 3.52. The van der Waals surface area contributed by atoms with Gasteiger partial charge in [-0.15, -0.1) is 0 Å². The Bertz CT molecular complexity index is 427. The molecule has 0 saturated carbocycles. The van der Waals surface area contributed by atoms with Crippen molar-refractivity contribution in [1.29, 1.82) is 0 Å². The van der Waals surface area contributed by atoms with Gasteiger partial charge in [0.25, 0.3) is 0 Å². The summed E-state index contributed by atoms with van der Waals surface area (Å²) in [5.74, 6) is 2.40. The Hall–Kier alpha value is -1.71. The number of rotatable bonds is 2. The Morgan fingerprint density at radius 3 is 2.65 bits per heavy atom. The first-order valence-electron chi connectivity index (χ1n) is 5.90. The summed E-state index contributed by atoms with van der Waals surface area (Å²) >= 11 is 0. The number of aliphatic imine (C=N–C) groups is 1. The van der Waals surface area contributed by atoms with Crippen LogP contribution < -0.4 is 15.2 Å². The summed E-state index contributed by atoms with van der Waals surface area (Å²) in [4.78, 5) is 4.36. The van der Waals surface area contributed by atoms with Crippen molar-refractivity contribution in [3.63, 3.8) is 0 Å². The van der Waals surface area contributed by atoms with Crippen LogP contribution in [-0.4, -0.2) is 19.0 Å². The molecule has 0 amide bonds. The van der Waals surface area contributed by atoms with Gasteiger partial charge in [0, 0.05) is 18.4 Å². The van der Waals surface area contributed by atoms with Gasteiger partial charge < -0.3 is 15.2 Å². The summed E-state index contributed by atoms with van der Waals surface area (Å²) in [5.41, 5.74) is 6.64. The quantitative estimate of drug-likeness (QED) is 0.631.